The number of aryl methyl sites for hydroxylation is 1. The molecular formula is C18H19N3O2. The molecule has 23 heavy (non-hydrogen) atoms. The van der Waals surface area contributed by atoms with Crippen LogP contribution in [-0.2, 0) is 11.3 Å². The molecule has 1 aromatic heterocycles. The summed E-state index contributed by atoms with van der Waals surface area (Å²) in [5.74, 6) is 0.588. The molecule has 0 atom stereocenters. The first-order chi connectivity index (χ1) is 11.1. The second-order valence-corrected chi connectivity index (χ2v) is 5.41. The van der Waals surface area contributed by atoms with Crippen LogP contribution in [0.5, 0.6) is 0 Å². The standard InChI is InChI=1S/C18H19N3O2/c1-3-23-18(22)14-6-9-16-17(10-14)21(12(2)20-16)11-13-4-7-15(19)8-5-13/h4-10H,3,11,19H2,1-2H3. The van der Waals surface area contributed by atoms with Crippen molar-refractivity contribution in [3.63, 3.8) is 0 Å². The number of carbonyl (C=O) groups excluding carboxylic acids is 1. The van der Waals surface area contributed by atoms with Crippen LogP contribution in [-0.4, -0.2) is 22.1 Å². The molecule has 0 radical (unpaired) electrons. The van der Waals surface area contributed by atoms with E-state index < -0.39 is 0 Å². The molecule has 3 rings (SSSR count). The first kappa shape index (κ1) is 15.1. The number of anilines is 1. The highest BCUT2D eigenvalue weighted by Gasteiger charge is 2.12. The van der Waals surface area contributed by atoms with Gasteiger partial charge in [0.25, 0.3) is 0 Å². The molecule has 1 heterocycles. The van der Waals surface area contributed by atoms with Crippen LogP contribution in [0.25, 0.3) is 11.0 Å². The topological polar surface area (TPSA) is 70.1 Å². The van der Waals surface area contributed by atoms with E-state index in [4.69, 9.17) is 10.5 Å². The minimum absolute atomic E-state index is 0.313. The Labute approximate surface area is 134 Å². The molecule has 118 valence electrons. The van der Waals surface area contributed by atoms with Crippen LogP contribution in [0, 0.1) is 6.92 Å². The Bertz CT molecular complexity index is 851. The molecule has 0 saturated carbocycles. The van der Waals surface area contributed by atoms with Gasteiger partial charge in [0, 0.05) is 12.2 Å². The van der Waals surface area contributed by atoms with Gasteiger partial charge in [-0.25, -0.2) is 9.78 Å². The summed E-state index contributed by atoms with van der Waals surface area (Å²) < 4.78 is 7.16. The summed E-state index contributed by atoms with van der Waals surface area (Å²) in [7, 11) is 0. The van der Waals surface area contributed by atoms with Gasteiger partial charge in [-0.05, 0) is 49.7 Å². The number of benzene rings is 2. The lowest BCUT2D eigenvalue weighted by Crippen LogP contribution is -2.06. The molecule has 0 amide bonds. The molecule has 0 saturated heterocycles. The molecule has 2 aromatic carbocycles. The van der Waals surface area contributed by atoms with Crippen LogP contribution in [0.1, 0.15) is 28.7 Å². The lowest BCUT2D eigenvalue weighted by Gasteiger charge is -2.08. The lowest BCUT2D eigenvalue weighted by atomic mass is 10.2. The molecule has 5 heteroatoms. The van der Waals surface area contributed by atoms with Crippen molar-refractivity contribution in [2.75, 3.05) is 12.3 Å². The number of hydrogen-bond acceptors (Lipinski definition) is 4. The second-order valence-electron chi connectivity index (χ2n) is 5.41. The van der Waals surface area contributed by atoms with Gasteiger partial charge in [-0.15, -0.1) is 0 Å². The van der Waals surface area contributed by atoms with Gasteiger partial charge in [0.05, 0.1) is 23.2 Å². The van der Waals surface area contributed by atoms with E-state index in [1.807, 2.05) is 43.3 Å². The molecule has 0 aliphatic heterocycles. The van der Waals surface area contributed by atoms with Gasteiger partial charge in [0.15, 0.2) is 0 Å². The van der Waals surface area contributed by atoms with E-state index in [0.29, 0.717) is 18.7 Å². The summed E-state index contributed by atoms with van der Waals surface area (Å²) in [4.78, 5) is 16.5. The average molecular weight is 309 g/mol. The van der Waals surface area contributed by atoms with E-state index in [2.05, 4.69) is 9.55 Å². The minimum atomic E-state index is -0.313. The van der Waals surface area contributed by atoms with Crippen molar-refractivity contribution in [2.24, 2.45) is 0 Å². The molecule has 0 fully saturated rings. The predicted molar refractivity (Wildman–Crippen MR) is 90.4 cm³/mol. The van der Waals surface area contributed by atoms with Crippen molar-refractivity contribution >= 4 is 22.7 Å². The maximum atomic E-state index is 11.9. The van der Waals surface area contributed by atoms with Gasteiger partial charge < -0.3 is 15.0 Å². The Morgan fingerprint density at radius 2 is 1.96 bits per heavy atom. The summed E-state index contributed by atoms with van der Waals surface area (Å²) in [6, 6.07) is 13.2. The molecule has 2 N–H and O–H groups in total. The fourth-order valence-electron chi connectivity index (χ4n) is 2.59. The van der Waals surface area contributed by atoms with Gasteiger partial charge >= 0.3 is 5.97 Å². The van der Waals surface area contributed by atoms with E-state index in [9.17, 15) is 4.79 Å². The molecule has 3 aromatic rings. The minimum Gasteiger partial charge on any atom is -0.462 e. The van der Waals surface area contributed by atoms with Crippen LogP contribution in [0.15, 0.2) is 42.5 Å². The quantitative estimate of drug-likeness (QED) is 0.593. The summed E-state index contributed by atoms with van der Waals surface area (Å²) in [6.45, 7) is 4.79. The summed E-state index contributed by atoms with van der Waals surface area (Å²) in [5.41, 5.74) is 9.93. The van der Waals surface area contributed by atoms with Crippen LogP contribution >= 0.6 is 0 Å². The fraction of sp³-hybridized carbons (Fsp3) is 0.222. The maximum Gasteiger partial charge on any atom is 0.338 e. The zero-order valence-corrected chi connectivity index (χ0v) is 13.2. The number of aromatic nitrogens is 2. The summed E-state index contributed by atoms with van der Waals surface area (Å²) in [6.07, 6.45) is 0. The van der Waals surface area contributed by atoms with Crippen molar-refractivity contribution in [3.8, 4) is 0 Å². The van der Waals surface area contributed by atoms with Crippen molar-refractivity contribution in [3.05, 3.63) is 59.4 Å². The van der Waals surface area contributed by atoms with Gasteiger partial charge in [-0.2, -0.15) is 0 Å². The zero-order valence-electron chi connectivity index (χ0n) is 13.2. The number of carbonyl (C=O) groups is 1. The fourth-order valence-corrected chi connectivity index (χ4v) is 2.59. The maximum absolute atomic E-state index is 11.9. The van der Waals surface area contributed by atoms with Crippen LogP contribution in [0.4, 0.5) is 5.69 Å². The Kier molecular flexibility index (Phi) is 4.02. The Morgan fingerprint density at radius 1 is 1.22 bits per heavy atom. The van der Waals surface area contributed by atoms with E-state index in [1.165, 1.54) is 0 Å². The van der Waals surface area contributed by atoms with E-state index in [-0.39, 0.29) is 5.97 Å². The number of rotatable bonds is 4. The van der Waals surface area contributed by atoms with E-state index in [1.54, 1.807) is 13.0 Å². The third-order valence-electron chi connectivity index (χ3n) is 3.77. The second kappa shape index (κ2) is 6.12. The highest BCUT2D eigenvalue weighted by Crippen LogP contribution is 2.20. The largest absolute Gasteiger partial charge is 0.462 e. The molecule has 0 spiro atoms. The third-order valence-corrected chi connectivity index (χ3v) is 3.77. The molecule has 5 nitrogen and oxygen atoms in total. The summed E-state index contributed by atoms with van der Waals surface area (Å²) in [5, 5.41) is 0. The van der Waals surface area contributed by atoms with Gasteiger partial charge in [-0.3, -0.25) is 0 Å². The molecule has 0 aliphatic carbocycles. The number of imidazole rings is 1. The number of nitrogen functional groups attached to an aromatic ring is 1. The number of ether oxygens (including phenoxy) is 1. The normalized spacial score (nSPS) is 10.9. The third kappa shape index (κ3) is 3.04. The molecule has 0 aliphatic rings. The SMILES string of the molecule is CCOC(=O)c1ccc2nc(C)n(Cc3ccc(N)cc3)c2c1. The van der Waals surface area contributed by atoms with Gasteiger partial charge in [-0.1, -0.05) is 12.1 Å². The highest BCUT2D eigenvalue weighted by atomic mass is 16.5. The predicted octanol–water partition coefficient (Wildman–Crippen LogP) is 3.15. The monoisotopic (exact) mass is 309 g/mol. The Morgan fingerprint density at radius 3 is 2.65 bits per heavy atom. The van der Waals surface area contributed by atoms with Crippen LogP contribution in [0.3, 0.4) is 0 Å². The first-order valence-electron chi connectivity index (χ1n) is 7.57. The Balaban J connectivity index is 2.01. The van der Waals surface area contributed by atoms with Crippen molar-refractivity contribution < 1.29 is 9.53 Å². The molecule has 0 bridgehead atoms. The van der Waals surface area contributed by atoms with Gasteiger partial charge in [0.1, 0.15) is 5.82 Å². The average Bonchev–Trinajstić information content (AvgIpc) is 2.85. The van der Waals surface area contributed by atoms with E-state index in [0.717, 1.165) is 28.1 Å². The van der Waals surface area contributed by atoms with Crippen molar-refractivity contribution in [1.29, 1.82) is 0 Å². The van der Waals surface area contributed by atoms with Crippen molar-refractivity contribution in [1.82, 2.24) is 9.55 Å². The summed E-state index contributed by atoms with van der Waals surface area (Å²) >= 11 is 0. The first-order valence-corrected chi connectivity index (χ1v) is 7.57. The van der Waals surface area contributed by atoms with Gasteiger partial charge in [0.2, 0.25) is 0 Å². The molecular weight excluding hydrogens is 290 g/mol. The lowest BCUT2D eigenvalue weighted by molar-refractivity contribution is 0.0526. The highest BCUT2D eigenvalue weighted by molar-refractivity contribution is 5.93. The Hall–Kier alpha value is -2.82. The van der Waals surface area contributed by atoms with Crippen LogP contribution in [0.2, 0.25) is 0 Å². The number of nitrogens with zero attached hydrogens (tertiary/aromatic N) is 2. The number of hydrogen-bond donors (Lipinski definition) is 1. The van der Waals surface area contributed by atoms with Crippen molar-refractivity contribution in [2.45, 2.75) is 20.4 Å². The smallest absolute Gasteiger partial charge is 0.338 e. The van der Waals surface area contributed by atoms with E-state index >= 15 is 0 Å². The number of fused-ring (bicyclic) bond motifs is 1. The zero-order chi connectivity index (χ0) is 16.4. The number of esters is 1. The number of nitrogens with two attached hydrogens (primary N) is 1. The molecule has 0 unspecified atom stereocenters. The van der Waals surface area contributed by atoms with Crippen LogP contribution < -0.4 is 5.73 Å².